The van der Waals surface area contributed by atoms with Gasteiger partial charge in [0, 0.05) is 34.9 Å². The van der Waals surface area contributed by atoms with Crippen molar-refractivity contribution in [2.75, 3.05) is 7.11 Å². The van der Waals surface area contributed by atoms with E-state index < -0.39 is 12.0 Å². The smallest absolute Gasteiger partial charge is 0.330 e. The van der Waals surface area contributed by atoms with E-state index in [0.29, 0.717) is 17.0 Å². The lowest BCUT2D eigenvalue weighted by molar-refractivity contribution is -0.137. The summed E-state index contributed by atoms with van der Waals surface area (Å²) in [6.07, 6.45) is 3.28. The number of rotatable bonds is 7. The Morgan fingerprint density at radius 3 is 2.51 bits per heavy atom. The maximum atomic E-state index is 14.2. The van der Waals surface area contributed by atoms with E-state index in [9.17, 15) is 14.7 Å². The molecule has 0 amide bonds. The summed E-state index contributed by atoms with van der Waals surface area (Å²) in [4.78, 5) is 33.8. The van der Waals surface area contributed by atoms with Gasteiger partial charge in [-0.1, -0.05) is 18.2 Å². The van der Waals surface area contributed by atoms with Crippen molar-refractivity contribution in [1.82, 2.24) is 19.1 Å². The number of H-pyrrole nitrogens is 1. The fourth-order valence-corrected chi connectivity index (χ4v) is 5.42. The lowest BCUT2D eigenvalue weighted by Crippen LogP contribution is -2.31. The number of fused-ring (bicyclic) bond motifs is 2. The molecule has 37 heavy (non-hydrogen) atoms. The minimum Gasteiger partial charge on any atom is -0.481 e. The Morgan fingerprint density at radius 2 is 1.84 bits per heavy atom. The van der Waals surface area contributed by atoms with E-state index in [1.54, 1.807) is 27.5 Å². The van der Waals surface area contributed by atoms with Crippen LogP contribution >= 0.6 is 0 Å². The lowest BCUT2D eigenvalue weighted by atomic mass is 10.0. The minimum absolute atomic E-state index is 0.263. The number of benzene rings is 2. The highest BCUT2D eigenvalue weighted by molar-refractivity contribution is 5.88. The molecule has 5 aromatic rings. The van der Waals surface area contributed by atoms with Crippen molar-refractivity contribution in [3.05, 3.63) is 93.2 Å². The van der Waals surface area contributed by atoms with Crippen LogP contribution < -0.4 is 10.4 Å². The highest BCUT2D eigenvalue weighted by atomic mass is 16.5. The zero-order valence-corrected chi connectivity index (χ0v) is 21.6. The van der Waals surface area contributed by atoms with E-state index >= 15 is 0 Å². The maximum Gasteiger partial charge on any atom is 0.330 e. The topological polar surface area (TPSA) is 102 Å². The van der Waals surface area contributed by atoms with Gasteiger partial charge in [-0.05, 0) is 68.1 Å². The highest BCUT2D eigenvalue weighted by Gasteiger charge is 2.28. The van der Waals surface area contributed by atoms with E-state index in [1.165, 1.54) is 12.7 Å². The summed E-state index contributed by atoms with van der Waals surface area (Å²) in [5.41, 5.74) is 7.11. The molecule has 0 fully saturated rings. The first-order valence-electron chi connectivity index (χ1n) is 12.2. The second-order valence-electron chi connectivity index (χ2n) is 9.69. The third-order valence-electron chi connectivity index (χ3n) is 7.08. The summed E-state index contributed by atoms with van der Waals surface area (Å²) >= 11 is 0. The molecule has 3 heterocycles. The molecule has 2 N–H and O–H groups in total. The number of methoxy groups -OCH3 is 1. The number of ether oxygens (including phenoxy) is 1. The van der Waals surface area contributed by atoms with Crippen LogP contribution in [0.5, 0.6) is 5.88 Å². The van der Waals surface area contributed by atoms with E-state index in [4.69, 9.17) is 4.74 Å². The van der Waals surface area contributed by atoms with Crippen LogP contribution in [-0.4, -0.2) is 37.3 Å². The summed E-state index contributed by atoms with van der Waals surface area (Å²) < 4.78 is 8.54. The van der Waals surface area contributed by atoms with E-state index in [-0.39, 0.29) is 18.2 Å². The molecule has 8 nitrogen and oxygen atoms in total. The van der Waals surface area contributed by atoms with Gasteiger partial charge in [0.25, 0.3) is 0 Å². The first kappa shape index (κ1) is 24.4. The average Bonchev–Trinajstić information content (AvgIpc) is 3.40. The normalized spacial score (nSPS) is 13.2. The SMILES string of the molecule is COc1ccc(C(CC(=O)O)n2c(=O)n(C(C)c3c[nH]c4cc(C)cc(C)c34)c3ccc(C)cc32)cn1. The van der Waals surface area contributed by atoms with Crippen LogP contribution in [0.4, 0.5) is 0 Å². The molecule has 0 spiro atoms. The van der Waals surface area contributed by atoms with Crippen LogP contribution in [0.2, 0.25) is 0 Å². The van der Waals surface area contributed by atoms with Gasteiger partial charge in [-0.15, -0.1) is 0 Å². The molecule has 3 aromatic heterocycles. The molecule has 5 rings (SSSR count). The molecule has 0 bridgehead atoms. The number of imidazole rings is 1. The number of aryl methyl sites for hydroxylation is 3. The molecule has 2 aromatic carbocycles. The molecule has 0 aliphatic rings. The molecular formula is C29H30N4O4. The molecule has 0 saturated carbocycles. The number of hydrogen-bond acceptors (Lipinski definition) is 4. The Labute approximate surface area is 214 Å². The number of carbonyl (C=O) groups is 1. The number of nitrogens with zero attached hydrogens (tertiary/aromatic N) is 3. The predicted molar refractivity (Wildman–Crippen MR) is 144 cm³/mol. The maximum absolute atomic E-state index is 14.2. The number of carboxylic acids is 1. The summed E-state index contributed by atoms with van der Waals surface area (Å²) in [6.45, 7) is 8.11. The fourth-order valence-electron chi connectivity index (χ4n) is 5.42. The van der Waals surface area contributed by atoms with Crippen molar-refractivity contribution in [1.29, 1.82) is 0 Å². The summed E-state index contributed by atoms with van der Waals surface area (Å²) in [5, 5.41) is 10.9. The Morgan fingerprint density at radius 1 is 1.05 bits per heavy atom. The van der Waals surface area contributed by atoms with Gasteiger partial charge in [-0.3, -0.25) is 13.9 Å². The van der Waals surface area contributed by atoms with Crippen LogP contribution in [0, 0.1) is 20.8 Å². The van der Waals surface area contributed by atoms with Gasteiger partial charge in [0.05, 0.1) is 36.6 Å². The predicted octanol–water partition coefficient (Wildman–Crippen LogP) is 5.29. The highest BCUT2D eigenvalue weighted by Crippen LogP contribution is 2.33. The molecule has 0 aliphatic carbocycles. The Kier molecular flexibility index (Phi) is 6.11. The largest absolute Gasteiger partial charge is 0.481 e. The monoisotopic (exact) mass is 498 g/mol. The number of aromatic amines is 1. The van der Waals surface area contributed by atoms with E-state index in [0.717, 1.165) is 33.1 Å². The fraction of sp³-hybridized carbons (Fsp3) is 0.276. The van der Waals surface area contributed by atoms with E-state index in [2.05, 4.69) is 35.9 Å². The van der Waals surface area contributed by atoms with Crippen molar-refractivity contribution >= 4 is 27.9 Å². The second kappa shape index (κ2) is 9.28. The summed E-state index contributed by atoms with van der Waals surface area (Å²) in [6, 6.07) is 12.5. The Balaban J connectivity index is 1.76. The van der Waals surface area contributed by atoms with Crippen LogP contribution in [0.15, 0.2) is 59.7 Å². The van der Waals surface area contributed by atoms with Gasteiger partial charge < -0.3 is 14.8 Å². The van der Waals surface area contributed by atoms with Crippen LogP contribution in [0.1, 0.15) is 53.2 Å². The lowest BCUT2D eigenvalue weighted by Gasteiger charge is -2.18. The van der Waals surface area contributed by atoms with Crippen molar-refractivity contribution in [2.45, 2.75) is 46.2 Å². The number of hydrogen-bond donors (Lipinski definition) is 2. The van der Waals surface area contributed by atoms with Gasteiger partial charge in [0.1, 0.15) is 0 Å². The van der Waals surface area contributed by atoms with Gasteiger partial charge >= 0.3 is 11.7 Å². The molecule has 2 unspecified atom stereocenters. The third kappa shape index (κ3) is 4.18. The standard InChI is InChI=1S/C29H30N4O4/c1-16-6-8-23-25(12-16)33(24(13-27(34)35)20-7-9-26(37-5)31-14-20)29(36)32(23)19(4)21-15-30-22-11-17(2)10-18(3)28(21)22/h6-12,14-15,19,24,30H,13H2,1-5H3,(H,34,35). The van der Waals surface area contributed by atoms with E-state index in [1.807, 2.05) is 38.2 Å². The van der Waals surface area contributed by atoms with Gasteiger partial charge in [0.15, 0.2) is 0 Å². The van der Waals surface area contributed by atoms with Gasteiger partial charge in [-0.25, -0.2) is 9.78 Å². The molecule has 0 aliphatic heterocycles. The molecular weight excluding hydrogens is 468 g/mol. The first-order chi connectivity index (χ1) is 17.7. The quantitative estimate of drug-likeness (QED) is 0.318. The summed E-state index contributed by atoms with van der Waals surface area (Å²) in [7, 11) is 1.52. The van der Waals surface area contributed by atoms with Crippen molar-refractivity contribution in [2.24, 2.45) is 0 Å². The average molecular weight is 499 g/mol. The van der Waals surface area contributed by atoms with Crippen LogP contribution in [0.3, 0.4) is 0 Å². The van der Waals surface area contributed by atoms with Crippen molar-refractivity contribution in [3.63, 3.8) is 0 Å². The van der Waals surface area contributed by atoms with Crippen LogP contribution in [0.25, 0.3) is 21.9 Å². The summed E-state index contributed by atoms with van der Waals surface area (Å²) in [5.74, 6) is -0.584. The second-order valence-corrected chi connectivity index (χ2v) is 9.69. The first-order valence-corrected chi connectivity index (χ1v) is 12.2. The minimum atomic E-state index is -1.00. The molecule has 8 heteroatoms. The number of aliphatic carboxylic acids is 1. The molecule has 2 atom stereocenters. The number of nitrogens with one attached hydrogen (secondary N) is 1. The Hall–Kier alpha value is -4.33. The molecule has 0 radical (unpaired) electrons. The van der Waals surface area contributed by atoms with Crippen molar-refractivity contribution < 1.29 is 14.6 Å². The number of aromatic nitrogens is 4. The number of pyridine rings is 1. The number of carboxylic acid groups (broad SMARTS) is 1. The molecule has 190 valence electrons. The zero-order chi connectivity index (χ0) is 26.4. The Bertz CT molecular complexity index is 1690. The molecule has 0 saturated heterocycles. The van der Waals surface area contributed by atoms with Gasteiger partial charge in [-0.2, -0.15) is 0 Å². The van der Waals surface area contributed by atoms with Crippen LogP contribution in [-0.2, 0) is 4.79 Å². The van der Waals surface area contributed by atoms with Gasteiger partial charge in [0.2, 0.25) is 5.88 Å². The third-order valence-corrected chi connectivity index (χ3v) is 7.08. The van der Waals surface area contributed by atoms with Crippen molar-refractivity contribution in [3.8, 4) is 5.88 Å². The zero-order valence-electron chi connectivity index (χ0n) is 21.6.